The van der Waals surface area contributed by atoms with E-state index < -0.39 is 5.54 Å². The Balaban J connectivity index is 0.00000324. The second kappa shape index (κ2) is 7.10. The van der Waals surface area contributed by atoms with Gasteiger partial charge in [0.2, 0.25) is 11.8 Å². The van der Waals surface area contributed by atoms with Gasteiger partial charge in [-0.1, -0.05) is 12.8 Å². The predicted octanol–water partition coefficient (Wildman–Crippen LogP) is 1.10. The lowest BCUT2D eigenvalue weighted by Gasteiger charge is -2.23. The second-order valence-corrected chi connectivity index (χ2v) is 6.17. The number of amides is 2. The molecule has 0 unspecified atom stereocenters. The third-order valence-electron chi connectivity index (χ3n) is 3.10. The minimum Gasteiger partial charge on any atom is -0.354 e. The van der Waals surface area contributed by atoms with Gasteiger partial charge in [0, 0.05) is 18.5 Å². The summed E-state index contributed by atoms with van der Waals surface area (Å²) in [5, 5.41) is 5.61. The van der Waals surface area contributed by atoms with Crippen LogP contribution in [0.1, 0.15) is 52.9 Å². The summed E-state index contributed by atoms with van der Waals surface area (Å²) in [6.07, 6.45) is 3.79. The highest BCUT2D eigenvalue weighted by Gasteiger charge is 2.36. The molecule has 0 aromatic rings. The lowest BCUT2D eigenvalue weighted by Crippen LogP contribution is -2.52. The van der Waals surface area contributed by atoms with Crippen LogP contribution in [0, 0.1) is 0 Å². The summed E-state index contributed by atoms with van der Waals surface area (Å²) in [5.41, 5.74) is 5.07. The van der Waals surface area contributed by atoms with Gasteiger partial charge in [-0.05, 0) is 33.6 Å². The van der Waals surface area contributed by atoms with Gasteiger partial charge in [0.15, 0.2) is 0 Å². The molecule has 1 rings (SSSR count). The van der Waals surface area contributed by atoms with E-state index >= 15 is 0 Å². The van der Waals surface area contributed by atoms with Crippen molar-refractivity contribution in [3.05, 3.63) is 0 Å². The van der Waals surface area contributed by atoms with E-state index in [-0.39, 0.29) is 29.8 Å². The number of nitrogens with one attached hydrogen (secondary N) is 2. The second-order valence-electron chi connectivity index (χ2n) is 6.17. The summed E-state index contributed by atoms with van der Waals surface area (Å²) in [5.74, 6) is -0.177. The molecule has 0 aliphatic heterocycles. The Kier molecular flexibility index (Phi) is 6.80. The lowest BCUT2D eigenvalue weighted by molar-refractivity contribution is -0.126. The zero-order chi connectivity index (χ0) is 13.8. The van der Waals surface area contributed by atoms with Crippen LogP contribution in [0.25, 0.3) is 0 Å². The zero-order valence-electron chi connectivity index (χ0n) is 12.0. The van der Waals surface area contributed by atoms with Crippen molar-refractivity contribution in [1.29, 1.82) is 0 Å². The van der Waals surface area contributed by atoms with Crippen LogP contribution in [0.2, 0.25) is 0 Å². The molecule has 0 heterocycles. The van der Waals surface area contributed by atoms with Crippen LogP contribution in [-0.2, 0) is 9.59 Å². The molecule has 0 saturated heterocycles. The summed E-state index contributed by atoms with van der Waals surface area (Å²) in [6.45, 7) is 6.13. The van der Waals surface area contributed by atoms with Gasteiger partial charge in [-0.3, -0.25) is 9.59 Å². The summed E-state index contributed by atoms with van der Waals surface area (Å²) < 4.78 is 0. The van der Waals surface area contributed by atoms with Crippen LogP contribution in [0.5, 0.6) is 0 Å². The van der Waals surface area contributed by atoms with E-state index in [0.29, 0.717) is 13.0 Å². The molecule has 1 fully saturated rings. The molecule has 0 atom stereocenters. The first-order chi connectivity index (χ1) is 8.23. The smallest absolute Gasteiger partial charge is 0.240 e. The van der Waals surface area contributed by atoms with Crippen LogP contribution >= 0.6 is 12.4 Å². The van der Waals surface area contributed by atoms with Crippen molar-refractivity contribution >= 4 is 24.2 Å². The molecule has 1 aliphatic rings. The topological polar surface area (TPSA) is 84.2 Å². The molecule has 1 aliphatic carbocycles. The predicted molar refractivity (Wildman–Crippen MR) is 78.2 cm³/mol. The molecule has 5 nitrogen and oxygen atoms in total. The molecule has 0 spiro atoms. The maximum absolute atomic E-state index is 11.9. The number of hydrogen-bond donors (Lipinski definition) is 3. The number of carbonyl (C=O) groups is 2. The Bertz CT molecular complexity index is 320. The summed E-state index contributed by atoms with van der Waals surface area (Å²) in [4.78, 5) is 23.4. The fourth-order valence-corrected chi connectivity index (χ4v) is 2.18. The quantitative estimate of drug-likeness (QED) is 0.725. The van der Waals surface area contributed by atoms with Crippen LogP contribution in [0.15, 0.2) is 0 Å². The van der Waals surface area contributed by atoms with Crippen LogP contribution in [0.4, 0.5) is 0 Å². The van der Waals surface area contributed by atoms with E-state index in [2.05, 4.69) is 10.6 Å². The first kappa shape index (κ1) is 18.2. The Morgan fingerprint density at radius 2 is 1.74 bits per heavy atom. The lowest BCUT2D eigenvalue weighted by atomic mass is 9.98. The molecule has 112 valence electrons. The monoisotopic (exact) mass is 291 g/mol. The maximum atomic E-state index is 11.9. The van der Waals surface area contributed by atoms with Gasteiger partial charge in [-0.15, -0.1) is 12.4 Å². The van der Waals surface area contributed by atoms with Crippen molar-refractivity contribution in [2.24, 2.45) is 5.73 Å². The molecule has 0 aromatic heterocycles. The zero-order valence-corrected chi connectivity index (χ0v) is 12.9. The number of hydrogen-bond acceptors (Lipinski definition) is 3. The highest BCUT2D eigenvalue weighted by Crippen LogP contribution is 2.27. The normalized spacial score (nSPS) is 17.5. The number of nitrogens with two attached hydrogens (primary N) is 1. The third-order valence-corrected chi connectivity index (χ3v) is 3.10. The van der Waals surface area contributed by atoms with Crippen LogP contribution in [0.3, 0.4) is 0 Å². The van der Waals surface area contributed by atoms with E-state index in [1.165, 1.54) is 0 Å². The molecule has 0 bridgehead atoms. The summed E-state index contributed by atoms with van der Waals surface area (Å²) in [6, 6.07) is 0. The highest BCUT2D eigenvalue weighted by atomic mass is 35.5. The van der Waals surface area contributed by atoms with Gasteiger partial charge >= 0.3 is 0 Å². The first-order valence-corrected chi connectivity index (χ1v) is 6.61. The maximum Gasteiger partial charge on any atom is 0.240 e. The van der Waals surface area contributed by atoms with Gasteiger partial charge in [0.1, 0.15) is 0 Å². The van der Waals surface area contributed by atoms with Crippen LogP contribution < -0.4 is 16.4 Å². The minimum atomic E-state index is -0.708. The summed E-state index contributed by atoms with van der Waals surface area (Å²) >= 11 is 0. The van der Waals surface area contributed by atoms with Crippen molar-refractivity contribution in [2.75, 3.05) is 6.54 Å². The fourth-order valence-electron chi connectivity index (χ4n) is 2.18. The Labute approximate surface area is 121 Å². The molecule has 1 saturated carbocycles. The van der Waals surface area contributed by atoms with Crippen molar-refractivity contribution < 1.29 is 9.59 Å². The van der Waals surface area contributed by atoms with E-state index in [0.717, 1.165) is 25.7 Å². The van der Waals surface area contributed by atoms with Crippen LogP contribution in [-0.4, -0.2) is 29.4 Å². The van der Waals surface area contributed by atoms with Crippen molar-refractivity contribution in [3.8, 4) is 0 Å². The molecule has 0 aromatic carbocycles. The molecular weight excluding hydrogens is 266 g/mol. The van der Waals surface area contributed by atoms with Gasteiger partial charge in [-0.2, -0.15) is 0 Å². The first-order valence-electron chi connectivity index (χ1n) is 6.61. The van der Waals surface area contributed by atoms with Gasteiger partial charge in [0.25, 0.3) is 0 Å². The molecule has 4 N–H and O–H groups in total. The number of carbonyl (C=O) groups excluding carboxylic acids is 2. The third kappa shape index (κ3) is 6.25. The summed E-state index contributed by atoms with van der Waals surface area (Å²) in [7, 11) is 0. The number of rotatable bonds is 4. The standard InChI is InChI=1S/C13H25N3O2.ClH/c1-12(2,3)16-10(17)6-9-15-11(18)13(14)7-4-5-8-13;/h4-9,14H2,1-3H3,(H,15,18)(H,16,17);1H. The average molecular weight is 292 g/mol. The van der Waals surface area contributed by atoms with Gasteiger partial charge in [-0.25, -0.2) is 0 Å². The Morgan fingerprint density at radius 1 is 1.21 bits per heavy atom. The molecule has 19 heavy (non-hydrogen) atoms. The molecule has 0 radical (unpaired) electrons. The number of halogens is 1. The van der Waals surface area contributed by atoms with Gasteiger partial charge < -0.3 is 16.4 Å². The van der Waals surface area contributed by atoms with Gasteiger partial charge in [0.05, 0.1) is 5.54 Å². The molecular formula is C13H26ClN3O2. The Hall–Kier alpha value is -0.810. The Morgan fingerprint density at radius 3 is 2.21 bits per heavy atom. The van der Waals surface area contributed by atoms with E-state index in [4.69, 9.17) is 5.73 Å². The SMILES string of the molecule is CC(C)(C)NC(=O)CCNC(=O)C1(N)CCCC1.Cl. The van der Waals surface area contributed by atoms with Crippen molar-refractivity contribution in [1.82, 2.24) is 10.6 Å². The fraction of sp³-hybridized carbons (Fsp3) is 0.846. The van der Waals surface area contributed by atoms with Crippen molar-refractivity contribution in [2.45, 2.75) is 64.0 Å². The van der Waals surface area contributed by atoms with E-state index in [1.54, 1.807) is 0 Å². The minimum absolute atomic E-state index is 0. The van der Waals surface area contributed by atoms with E-state index in [1.807, 2.05) is 20.8 Å². The highest BCUT2D eigenvalue weighted by molar-refractivity contribution is 5.87. The molecule has 2 amide bonds. The van der Waals surface area contributed by atoms with Crippen molar-refractivity contribution in [3.63, 3.8) is 0 Å². The molecule has 6 heteroatoms. The van der Waals surface area contributed by atoms with E-state index in [9.17, 15) is 9.59 Å². The average Bonchev–Trinajstić information content (AvgIpc) is 2.63. The largest absolute Gasteiger partial charge is 0.354 e.